The minimum atomic E-state index is -0.845. The van der Waals surface area contributed by atoms with Crippen LogP contribution in [0.2, 0.25) is 0 Å². The first-order valence-corrected chi connectivity index (χ1v) is 22.2. The van der Waals surface area contributed by atoms with E-state index in [1.54, 1.807) is 97.1 Å². The number of hydrogen-bond donors (Lipinski definition) is 10. The Morgan fingerprint density at radius 3 is 1.19 bits per heavy atom. The number of hydrogen-bond acceptors (Lipinski definition) is 13. The fourth-order valence-electron chi connectivity index (χ4n) is 10.7. The molecule has 0 aromatic heterocycles. The summed E-state index contributed by atoms with van der Waals surface area (Å²) in [5.41, 5.74) is 5.77. The molecular formula is C56H44O13. The summed E-state index contributed by atoms with van der Waals surface area (Å²) in [6.45, 7) is 0. The van der Waals surface area contributed by atoms with Crippen molar-refractivity contribution in [1.29, 1.82) is 0 Å². The third kappa shape index (κ3) is 7.68. The van der Waals surface area contributed by atoms with Crippen LogP contribution in [0, 0.1) is 0 Å². The zero-order chi connectivity index (χ0) is 47.8. The maximum absolute atomic E-state index is 12.2. The van der Waals surface area contributed by atoms with Crippen molar-refractivity contribution in [2.24, 2.45) is 0 Å². The van der Waals surface area contributed by atoms with Gasteiger partial charge in [0.15, 0.2) is 11.5 Å². The van der Waals surface area contributed by atoms with Crippen molar-refractivity contribution >= 4 is 0 Å². The number of rotatable bonds is 8. The van der Waals surface area contributed by atoms with Crippen molar-refractivity contribution in [3.63, 3.8) is 0 Å². The van der Waals surface area contributed by atoms with Crippen LogP contribution in [0.3, 0.4) is 0 Å². The van der Waals surface area contributed by atoms with Crippen molar-refractivity contribution in [1.82, 2.24) is 0 Å². The van der Waals surface area contributed by atoms with Gasteiger partial charge in [-0.25, -0.2) is 0 Å². The predicted octanol–water partition coefficient (Wildman–Crippen LogP) is 10.7. The van der Waals surface area contributed by atoms with Crippen LogP contribution in [0.4, 0.5) is 0 Å². The van der Waals surface area contributed by atoms with E-state index in [1.165, 1.54) is 54.6 Å². The van der Waals surface area contributed by atoms with Crippen molar-refractivity contribution in [2.45, 2.75) is 48.1 Å². The molecule has 8 aromatic carbocycles. The van der Waals surface area contributed by atoms with Crippen LogP contribution in [-0.4, -0.2) is 51.1 Å². The molecule has 346 valence electrons. The average molecular weight is 925 g/mol. The molecule has 3 aliphatic rings. The van der Waals surface area contributed by atoms with Gasteiger partial charge < -0.3 is 65.3 Å². The fraction of sp³-hybridized carbons (Fsp3) is 0.143. The fourth-order valence-corrected chi connectivity index (χ4v) is 10.7. The minimum absolute atomic E-state index is 0.0197. The van der Waals surface area contributed by atoms with Gasteiger partial charge in [-0.05, 0) is 129 Å². The molecule has 1 saturated heterocycles. The number of phenolic OH excluding ortho intramolecular Hbond substituents is 10. The van der Waals surface area contributed by atoms with Gasteiger partial charge in [0.1, 0.15) is 69.7 Å². The Kier molecular flexibility index (Phi) is 10.3. The zero-order valence-corrected chi connectivity index (χ0v) is 36.3. The van der Waals surface area contributed by atoms with Gasteiger partial charge in [0.05, 0.1) is 24.0 Å². The number of phenols is 10. The summed E-state index contributed by atoms with van der Waals surface area (Å²) >= 11 is 0. The third-order valence-corrected chi connectivity index (χ3v) is 13.6. The molecule has 1 fully saturated rings. The lowest BCUT2D eigenvalue weighted by Gasteiger charge is -2.29. The summed E-state index contributed by atoms with van der Waals surface area (Å²) in [7, 11) is 0. The molecule has 0 bridgehead atoms. The molecule has 69 heavy (non-hydrogen) atoms. The third-order valence-electron chi connectivity index (χ3n) is 13.6. The van der Waals surface area contributed by atoms with Gasteiger partial charge in [0, 0.05) is 41.2 Å². The summed E-state index contributed by atoms with van der Waals surface area (Å²) < 4.78 is 20.6. The molecule has 8 atom stereocenters. The Balaban J connectivity index is 1.16. The maximum atomic E-state index is 12.2. The highest BCUT2D eigenvalue weighted by Crippen LogP contribution is 2.64. The number of fused-ring (bicyclic) bond motifs is 2. The summed E-state index contributed by atoms with van der Waals surface area (Å²) in [5.74, 6) is -3.57. The lowest BCUT2D eigenvalue weighted by Crippen LogP contribution is -2.18. The Bertz CT molecular complexity index is 3200. The van der Waals surface area contributed by atoms with Crippen LogP contribution < -0.4 is 9.47 Å². The molecule has 0 spiro atoms. The smallest absolute Gasteiger partial charge is 0.165 e. The van der Waals surface area contributed by atoms with Crippen LogP contribution in [0.25, 0.3) is 0 Å². The Labute approximate surface area is 394 Å². The molecule has 13 heteroatoms. The molecule has 10 N–H and O–H groups in total. The van der Waals surface area contributed by atoms with Crippen molar-refractivity contribution in [3.05, 3.63) is 213 Å². The first kappa shape index (κ1) is 42.9. The molecule has 0 saturated carbocycles. The van der Waals surface area contributed by atoms with Crippen LogP contribution in [-0.2, 0) is 4.74 Å². The summed E-state index contributed by atoms with van der Waals surface area (Å²) in [5, 5.41) is 109. The molecule has 3 aliphatic heterocycles. The van der Waals surface area contributed by atoms with Gasteiger partial charge in [-0.3, -0.25) is 0 Å². The largest absolute Gasteiger partial charge is 0.508 e. The molecular weight excluding hydrogens is 881 g/mol. The normalized spacial score (nSPS) is 22.4. The molecule has 0 aliphatic carbocycles. The van der Waals surface area contributed by atoms with Crippen molar-refractivity contribution in [2.75, 3.05) is 0 Å². The first-order valence-electron chi connectivity index (χ1n) is 22.2. The highest BCUT2D eigenvalue weighted by Gasteiger charge is 2.51. The van der Waals surface area contributed by atoms with Gasteiger partial charge in [-0.2, -0.15) is 0 Å². The molecule has 0 amide bonds. The molecule has 8 aromatic rings. The second-order valence-corrected chi connectivity index (χ2v) is 17.9. The van der Waals surface area contributed by atoms with Crippen LogP contribution in [0.1, 0.15) is 104 Å². The SMILES string of the molecule is Oc1ccc(C2Oc3c(O)cc(C4c5c(cc(O)cc5C5C(c6ccc(O)cc6)OC(c6ccc(O)cc6)C5c5cc(O)cc(O)c5)OC4c4ccc(O)cc4)cc3C2c2cc(O)cc(O)c2)cc1. The maximum Gasteiger partial charge on any atom is 0.165 e. The minimum Gasteiger partial charge on any atom is -0.508 e. The number of ether oxygens (including phenoxy) is 3. The first-order chi connectivity index (χ1) is 33.3. The van der Waals surface area contributed by atoms with Crippen LogP contribution in [0.15, 0.2) is 158 Å². The number of aromatic hydroxyl groups is 10. The lowest BCUT2D eigenvalue weighted by molar-refractivity contribution is 0.0366. The topological polar surface area (TPSA) is 230 Å². The van der Waals surface area contributed by atoms with Gasteiger partial charge in [-0.15, -0.1) is 0 Å². The van der Waals surface area contributed by atoms with E-state index >= 15 is 0 Å². The number of benzene rings is 8. The highest BCUT2D eigenvalue weighted by molar-refractivity contribution is 5.64. The van der Waals surface area contributed by atoms with Gasteiger partial charge >= 0.3 is 0 Å². The predicted molar refractivity (Wildman–Crippen MR) is 251 cm³/mol. The molecule has 3 heterocycles. The van der Waals surface area contributed by atoms with E-state index in [4.69, 9.17) is 14.2 Å². The molecule has 8 unspecified atom stereocenters. The van der Waals surface area contributed by atoms with Gasteiger partial charge in [0.25, 0.3) is 0 Å². The zero-order valence-electron chi connectivity index (χ0n) is 36.3. The average Bonchev–Trinajstić information content (AvgIpc) is 4.02. The quantitative estimate of drug-likeness (QED) is 0.0685. The van der Waals surface area contributed by atoms with Crippen molar-refractivity contribution in [3.8, 4) is 69.0 Å². The monoisotopic (exact) mass is 924 g/mol. The Hall–Kier alpha value is -8.68. The van der Waals surface area contributed by atoms with E-state index in [1.807, 2.05) is 6.07 Å². The van der Waals surface area contributed by atoms with Crippen molar-refractivity contribution < 1.29 is 65.3 Å². The van der Waals surface area contributed by atoms with E-state index in [0.29, 0.717) is 61.4 Å². The lowest BCUT2D eigenvalue weighted by atomic mass is 9.71. The molecule has 11 rings (SSSR count). The van der Waals surface area contributed by atoms with Gasteiger partial charge in [-0.1, -0.05) is 54.6 Å². The van der Waals surface area contributed by atoms with E-state index in [2.05, 4.69) is 0 Å². The Morgan fingerprint density at radius 2 is 0.696 bits per heavy atom. The summed E-state index contributed by atoms with van der Waals surface area (Å²) in [6.07, 6.45) is -3.26. The molecule has 0 radical (unpaired) electrons. The van der Waals surface area contributed by atoms with E-state index < -0.39 is 48.1 Å². The van der Waals surface area contributed by atoms with E-state index in [9.17, 15) is 51.1 Å². The standard InChI is InChI=1S/C56H44O13/c57-34-9-1-27(2-10-34)52-47(31-17-38(61)23-39(62)18-31)44-21-33(22-45(66)56(44)69-52)48-50-43(25-42(65)26-46(50)67-53(48)28-3-11-35(58)12-4-28)51-49(32-19-40(63)24-41(64)20-32)54(29-5-13-36(59)14-6-29)68-55(51)30-7-15-37(60)16-8-30/h1-26,47-49,51-55,57-66H. The summed E-state index contributed by atoms with van der Waals surface area (Å²) in [6, 6.07) is 41.3. The van der Waals surface area contributed by atoms with Crippen LogP contribution in [0.5, 0.6) is 69.0 Å². The highest BCUT2D eigenvalue weighted by atomic mass is 16.5. The second-order valence-electron chi connectivity index (χ2n) is 17.9. The van der Waals surface area contributed by atoms with E-state index in [0.717, 1.165) is 0 Å². The summed E-state index contributed by atoms with van der Waals surface area (Å²) in [4.78, 5) is 0. The molecule has 13 nitrogen and oxygen atoms in total. The van der Waals surface area contributed by atoms with Gasteiger partial charge in [0.2, 0.25) is 0 Å². The van der Waals surface area contributed by atoms with Crippen LogP contribution >= 0.6 is 0 Å². The van der Waals surface area contributed by atoms with E-state index in [-0.39, 0.29) is 63.2 Å². The second kappa shape index (κ2) is 16.6. The Morgan fingerprint density at radius 1 is 0.290 bits per heavy atom.